The Kier molecular flexibility index (Phi) is 4.97. The number of nitro benzene ring substituents is 1. The fourth-order valence-electron chi connectivity index (χ4n) is 1.67. The summed E-state index contributed by atoms with van der Waals surface area (Å²) in [6.07, 6.45) is 0. The maximum absolute atomic E-state index is 11.9. The molecule has 1 aromatic heterocycles. The minimum Gasteiger partial charge on any atom is -0.463 e. The van der Waals surface area contributed by atoms with Crippen LogP contribution in [0.2, 0.25) is 5.02 Å². The van der Waals surface area contributed by atoms with Crippen LogP contribution in [-0.2, 0) is 16.1 Å². The van der Waals surface area contributed by atoms with Crippen molar-refractivity contribution in [3.8, 4) is 0 Å². The molecule has 0 fully saturated rings. The highest BCUT2D eigenvalue weighted by molar-refractivity contribution is 6.33. The molecule has 0 bridgehead atoms. The van der Waals surface area contributed by atoms with Gasteiger partial charge in [-0.25, -0.2) is 9.59 Å². The molecule has 0 N–H and O–H groups in total. The van der Waals surface area contributed by atoms with Crippen molar-refractivity contribution < 1.29 is 28.4 Å². The highest BCUT2D eigenvalue weighted by atomic mass is 35.5. The van der Waals surface area contributed by atoms with Crippen LogP contribution in [0.1, 0.15) is 26.7 Å². The molecule has 0 aliphatic rings. The number of hydrogen-bond acceptors (Lipinski definition) is 7. The third-order valence-electron chi connectivity index (χ3n) is 2.77. The number of carbonyl (C=O) groups is 2. The third-order valence-corrected chi connectivity index (χ3v) is 3.08. The molecule has 0 radical (unpaired) electrons. The van der Waals surface area contributed by atoms with Gasteiger partial charge in [0.1, 0.15) is 17.4 Å². The standard InChI is InChI=1S/C14H10ClNO7/c1-21-14(18)12-5-3-9(23-12)7-22-13(17)8-2-4-11(16(19)20)10(15)6-8/h2-6H,7H2,1H3. The molecule has 8 nitrogen and oxygen atoms in total. The van der Waals surface area contributed by atoms with Gasteiger partial charge in [0.15, 0.2) is 0 Å². The molecule has 2 aromatic rings. The maximum Gasteiger partial charge on any atom is 0.373 e. The largest absolute Gasteiger partial charge is 0.463 e. The van der Waals surface area contributed by atoms with Crippen molar-refractivity contribution in [1.29, 1.82) is 0 Å². The normalized spacial score (nSPS) is 10.2. The second kappa shape index (κ2) is 6.93. The predicted molar refractivity (Wildman–Crippen MR) is 77.3 cm³/mol. The van der Waals surface area contributed by atoms with Crippen LogP contribution < -0.4 is 0 Å². The van der Waals surface area contributed by atoms with E-state index >= 15 is 0 Å². The van der Waals surface area contributed by atoms with E-state index in [0.29, 0.717) is 0 Å². The summed E-state index contributed by atoms with van der Waals surface area (Å²) in [5, 5.41) is 10.5. The zero-order valence-corrected chi connectivity index (χ0v) is 12.5. The number of nitro groups is 1. The average Bonchev–Trinajstić information content (AvgIpc) is 3.00. The number of carbonyl (C=O) groups excluding carboxylic acids is 2. The molecule has 1 heterocycles. The first-order valence-corrected chi connectivity index (χ1v) is 6.58. The first-order valence-electron chi connectivity index (χ1n) is 6.20. The van der Waals surface area contributed by atoms with Crippen molar-refractivity contribution in [3.63, 3.8) is 0 Å². The highest BCUT2D eigenvalue weighted by Crippen LogP contribution is 2.25. The topological polar surface area (TPSA) is 109 Å². The van der Waals surface area contributed by atoms with Crippen LogP contribution >= 0.6 is 11.6 Å². The molecule has 0 amide bonds. The van der Waals surface area contributed by atoms with Crippen molar-refractivity contribution in [2.24, 2.45) is 0 Å². The van der Waals surface area contributed by atoms with Gasteiger partial charge in [0, 0.05) is 6.07 Å². The van der Waals surface area contributed by atoms with Crippen LogP contribution in [0, 0.1) is 10.1 Å². The van der Waals surface area contributed by atoms with Crippen molar-refractivity contribution in [2.75, 3.05) is 7.11 Å². The van der Waals surface area contributed by atoms with Gasteiger partial charge in [0.25, 0.3) is 5.69 Å². The Morgan fingerprint density at radius 2 is 2.00 bits per heavy atom. The highest BCUT2D eigenvalue weighted by Gasteiger charge is 2.17. The van der Waals surface area contributed by atoms with E-state index in [2.05, 4.69) is 4.74 Å². The maximum atomic E-state index is 11.9. The molecular formula is C14H10ClNO7. The molecule has 0 unspecified atom stereocenters. The van der Waals surface area contributed by atoms with E-state index < -0.39 is 16.9 Å². The SMILES string of the molecule is COC(=O)c1ccc(COC(=O)c2ccc([N+](=O)[O-])c(Cl)c2)o1. The quantitative estimate of drug-likeness (QED) is 0.468. The van der Waals surface area contributed by atoms with Gasteiger partial charge in [-0.2, -0.15) is 0 Å². The number of rotatable bonds is 5. The zero-order valence-electron chi connectivity index (χ0n) is 11.8. The molecule has 0 aliphatic heterocycles. The van der Waals surface area contributed by atoms with Gasteiger partial charge in [0.05, 0.1) is 17.6 Å². The van der Waals surface area contributed by atoms with E-state index in [1.807, 2.05) is 0 Å². The monoisotopic (exact) mass is 339 g/mol. The van der Waals surface area contributed by atoms with E-state index in [9.17, 15) is 19.7 Å². The summed E-state index contributed by atoms with van der Waals surface area (Å²) in [7, 11) is 1.21. The number of furan rings is 1. The van der Waals surface area contributed by atoms with E-state index in [1.165, 1.54) is 25.3 Å². The van der Waals surface area contributed by atoms with Crippen molar-refractivity contribution in [1.82, 2.24) is 0 Å². The fraction of sp³-hybridized carbons (Fsp3) is 0.143. The van der Waals surface area contributed by atoms with Crippen LogP contribution in [0.3, 0.4) is 0 Å². The van der Waals surface area contributed by atoms with Crippen LogP contribution in [0.25, 0.3) is 0 Å². The van der Waals surface area contributed by atoms with Crippen LogP contribution in [-0.4, -0.2) is 24.0 Å². The van der Waals surface area contributed by atoms with Crippen LogP contribution in [0.5, 0.6) is 0 Å². The Morgan fingerprint density at radius 3 is 2.61 bits per heavy atom. The molecular weight excluding hydrogens is 330 g/mol. The van der Waals surface area contributed by atoms with E-state index in [1.54, 1.807) is 0 Å². The molecule has 0 saturated carbocycles. The van der Waals surface area contributed by atoms with Crippen LogP contribution in [0.15, 0.2) is 34.7 Å². The Morgan fingerprint density at radius 1 is 1.26 bits per heavy atom. The summed E-state index contributed by atoms with van der Waals surface area (Å²) < 4.78 is 14.6. The van der Waals surface area contributed by atoms with Gasteiger partial charge in [-0.1, -0.05) is 11.6 Å². The van der Waals surface area contributed by atoms with Gasteiger partial charge in [0.2, 0.25) is 5.76 Å². The molecule has 9 heteroatoms. The first-order chi connectivity index (χ1) is 10.9. The molecule has 23 heavy (non-hydrogen) atoms. The Labute approximate surface area is 134 Å². The number of benzene rings is 1. The van der Waals surface area contributed by atoms with Gasteiger partial charge in [-0.05, 0) is 24.3 Å². The first kappa shape index (κ1) is 16.5. The predicted octanol–water partition coefficient (Wildman–Crippen LogP) is 2.98. The summed E-state index contributed by atoms with van der Waals surface area (Å²) >= 11 is 5.72. The van der Waals surface area contributed by atoms with E-state index in [0.717, 1.165) is 12.1 Å². The number of halogens is 1. The van der Waals surface area contributed by atoms with Crippen molar-refractivity contribution in [2.45, 2.75) is 6.61 Å². The summed E-state index contributed by atoms with van der Waals surface area (Å²) in [6, 6.07) is 6.33. The molecule has 0 aliphatic carbocycles. The third kappa shape index (κ3) is 3.86. The second-order valence-electron chi connectivity index (χ2n) is 4.26. The molecule has 0 atom stereocenters. The number of hydrogen-bond donors (Lipinski definition) is 0. The molecule has 0 saturated heterocycles. The Balaban J connectivity index is 2.02. The van der Waals surface area contributed by atoms with Gasteiger partial charge in [-0.15, -0.1) is 0 Å². The summed E-state index contributed by atoms with van der Waals surface area (Å²) in [6.45, 7) is -0.218. The van der Waals surface area contributed by atoms with Crippen LogP contribution in [0.4, 0.5) is 5.69 Å². The Hall–Kier alpha value is -2.87. The lowest BCUT2D eigenvalue weighted by Gasteiger charge is -2.03. The van der Waals surface area contributed by atoms with Gasteiger partial charge in [-0.3, -0.25) is 10.1 Å². The lowest BCUT2D eigenvalue weighted by Crippen LogP contribution is -2.05. The number of ether oxygens (including phenoxy) is 2. The summed E-state index contributed by atoms with van der Waals surface area (Å²) in [4.78, 5) is 33.1. The molecule has 120 valence electrons. The second-order valence-corrected chi connectivity index (χ2v) is 4.66. The summed E-state index contributed by atoms with van der Waals surface area (Å²) in [5.74, 6) is -1.16. The molecule has 2 rings (SSSR count). The van der Waals surface area contributed by atoms with Gasteiger partial charge >= 0.3 is 11.9 Å². The zero-order chi connectivity index (χ0) is 17.0. The lowest BCUT2D eigenvalue weighted by atomic mass is 10.2. The van der Waals surface area contributed by atoms with Crippen molar-refractivity contribution >= 4 is 29.2 Å². The average molecular weight is 340 g/mol. The van der Waals surface area contributed by atoms with E-state index in [-0.39, 0.29) is 34.4 Å². The number of nitrogens with zero attached hydrogens (tertiary/aromatic N) is 1. The van der Waals surface area contributed by atoms with Gasteiger partial charge < -0.3 is 13.9 Å². The minimum absolute atomic E-state index is 0.0167. The fourth-order valence-corrected chi connectivity index (χ4v) is 1.92. The Bertz CT molecular complexity index is 768. The van der Waals surface area contributed by atoms with E-state index in [4.69, 9.17) is 20.8 Å². The summed E-state index contributed by atoms with van der Waals surface area (Å²) in [5.41, 5.74) is -0.252. The lowest BCUT2D eigenvalue weighted by molar-refractivity contribution is -0.384. The molecule has 0 spiro atoms. The van der Waals surface area contributed by atoms with Crippen molar-refractivity contribution in [3.05, 3.63) is 62.6 Å². The minimum atomic E-state index is -0.738. The molecule has 1 aromatic carbocycles. The number of methoxy groups -OCH3 is 1. The smallest absolute Gasteiger partial charge is 0.373 e. The number of esters is 2.